The SMILES string of the molecule is CCc1ccc(-c2ccc(C(=O)N[C@H](C(=O)NCCNOC(=O)NC3CC3)[C@@H](C)O)cc2)cc1. The zero-order valence-corrected chi connectivity index (χ0v) is 19.5. The van der Waals surface area contributed by atoms with E-state index in [4.69, 9.17) is 4.84 Å². The summed E-state index contributed by atoms with van der Waals surface area (Å²) in [5, 5.41) is 17.8. The van der Waals surface area contributed by atoms with Gasteiger partial charge in [-0.15, -0.1) is 5.48 Å². The Labute approximate surface area is 199 Å². The summed E-state index contributed by atoms with van der Waals surface area (Å²) in [6.07, 6.45) is 1.21. The Hall–Kier alpha value is -3.43. The molecule has 3 amide bonds. The minimum absolute atomic E-state index is 0.139. The van der Waals surface area contributed by atoms with Crippen molar-refractivity contribution in [1.82, 2.24) is 21.4 Å². The average Bonchev–Trinajstić information content (AvgIpc) is 3.66. The van der Waals surface area contributed by atoms with Gasteiger partial charge in [-0.1, -0.05) is 43.3 Å². The second-order valence-electron chi connectivity index (χ2n) is 8.31. The number of hydrogen-bond acceptors (Lipinski definition) is 6. The van der Waals surface area contributed by atoms with Crippen LogP contribution in [0, 0.1) is 0 Å². The third-order valence-corrected chi connectivity index (χ3v) is 5.48. The van der Waals surface area contributed by atoms with E-state index < -0.39 is 30.1 Å². The molecule has 9 nitrogen and oxygen atoms in total. The topological polar surface area (TPSA) is 129 Å². The van der Waals surface area contributed by atoms with Crippen LogP contribution >= 0.6 is 0 Å². The molecule has 0 aromatic heterocycles. The fourth-order valence-corrected chi connectivity index (χ4v) is 3.26. The molecule has 0 bridgehead atoms. The Bertz CT molecular complexity index is 972. The van der Waals surface area contributed by atoms with E-state index in [1.807, 2.05) is 24.3 Å². The quantitative estimate of drug-likeness (QED) is 0.253. The summed E-state index contributed by atoms with van der Waals surface area (Å²) < 4.78 is 0. The van der Waals surface area contributed by atoms with E-state index in [1.165, 1.54) is 12.5 Å². The van der Waals surface area contributed by atoms with Gasteiger partial charge in [-0.05, 0) is 55.0 Å². The lowest BCUT2D eigenvalue weighted by atomic mass is 10.0. The van der Waals surface area contributed by atoms with Crippen LogP contribution in [0.15, 0.2) is 48.5 Å². The van der Waals surface area contributed by atoms with Crippen molar-refractivity contribution in [3.8, 4) is 11.1 Å². The van der Waals surface area contributed by atoms with Crippen molar-refractivity contribution in [1.29, 1.82) is 0 Å². The molecule has 1 aliphatic rings. The number of aliphatic hydroxyl groups is 1. The van der Waals surface area contributed by atoms with Gasteiger partial charge in [0.15, 0.2) is 0 Å². The van der Waals surface area contributed by atoms with Crippen molar-refractivity contribution < 1.29 is 24.3 Å². The largest absolute Gasteiger partial charge is 0.426 e. The second-order valence-corrected chi connectivity index (χ2v) is 8.31. The molecular weight excluding hydrogens is 436 g/mol. The van der Waals surface area contributed by atoms with Crippen LogP contribution in [-0.2, 0) is 16.1 Å². The highest BCUT2D eigenvalue weighted by Gasteiger charge is 2.26. The van der Waals surface area contributed by atoms with Crippen LogP contribution in [0.2, 0.25) is 0 Å². The molecule has 0 unspecified atom stereocenters. The molecular formula is C25H32N4O5. The summed E-state index contributed by atoms with van der Waals surface area (Å²) in [6, 6.07) is 14.4. The Morgan fingerprint density at radius 3 is 2.18 bits per heavy atom. The number of rotatable bonds is 11. The lowest BCUT2D eigenvalue weighted by Crippen LogP contribution is -2.53. The summed E-state index contributed by atoms with van der Waals surface area (Å²) in [5.74, 6) is -1.01. The Kier molecular flexibility index (Phi) is 9.00. The molecule has 9 heteroatoms. The third kappa shape index (κ3) is 7.57. The number of aryl methyl sites for hydroxylation is 1. The Balaban J connectivity index is 1.47. The fraction of sp³-hybridized carbons (Fsp3) is 0.400. The van der Waals surface area contributed by atoms with E-state index in [9.17, 15) is 19.5 Å². The number of nitrogens with one attached hydrogen (secondary N) is 4. The number of carbonyl (C=O) groups is 3. The maximum absolute atomic E-state index is 12.7. The standard InChI is InChI=1S/C25H32N4O5/c1-3-17-4-6-18(7-5-17)19-8-10-20(11-9-19)23(31)29-22(16(2)30)24(32)26-14-15-27-34-25(33)28-21-12-13-21/h4-11,16,21-22,27,30H,3,12-15H2,1-2H3,(H,26,32)(H,28,33)(H,29,31)/t16-,22+/m1/s1. The molecule has 2 aromatic rings. The molecule has 0 heterocycles. The first-order valence-corrected chi connectivity index (χ1v) is 11.5. The molecule has 0 radical (unpaired) electrons. The minimum atomic E-state index is -1.13. The molecule has 182 valence electrons. The van der Waals surface area contributed by atoms with Crippen LogP contribution in [0.4, 0.5) is 4.79 Å². The van der Waals surface area contributed by atoms with Crippen LogP contribution in [0.1, 0.15) is 42.6 Å². The second kappa shape index (κ2) is 12.2. The van der Waals surface area contributed by atoms with Crippen molar-refractivity contribution in [2.45, 2.75) is 51.3 Å². The van der Waals surface area contributed by atoms with Crippen LogP contribution in [0.5, 0.6) is 0 Å². The van der Waals surface area contributed by atoms with Crippen LogP contribution in [-0.4, -0.2) is 54.3 Å². The number of amides is 3. The highest BCUT2D eigenvalue weighted by atomic mass is 16.7. The molecule has 5 N–H and O–H groups in total. The zero-order chi connectivity index (χ0) is 24.5. The average molecular weight is 469 g/mol. The third-order valence-electron chi connectivity index (χ3n) is 5.48. The number of hydrogen-bond donors (Lipinski definition) is 5. The van der Waals surface area contributed by atoms with E-state index in [1.54, 1.807) is 12.1 Å². The monoisotopic (exact) mass is 468 g/mol. The van der Waals surface area contributed by atoms with E-state index in [0.29, 0.717) is 5.56 Å². The molecule has 2 atom stereocenters. The van der Waals surface area contributed by atoms with Crippen molar-refractivity contribution >= 4 is 17.9 Å². The molecule has 1 fully saturated rings. The molecule has 0 spiro atoms. The lowest BCUT2D eigenvalue weighted by molar-refractivity contribution is -0.125. The van der Waals surface area contributed by atoms with Gasteiger partial charge in [-0.2, -0.15) is 0 Å². The summed E-state index contributed by atoms with van der Waals surface area (Å²) in [6.45, 7) is 3.84. The van der Waals surface area contributed by atoms with Gasteiger partial charge in [0.25, 0.3) is 5.91 Å². The first kappa shape index (κ1) is 25.2. The predicted octanol–water partition coefficient (Wildman–Crippen LogP) is 1.90. The fourth-order valence-electron chi connectivity index (χ4n) is 3.26. The van der Waals surface area contributed by atoms with Gasteiger partial charge in [-0.25, -0.2) is 4.79 Å². The van der Waals surface area contributed by atoms with Crippen LogP contribution in [0.25, 0.3) is 11.1 Å². The molecule has 1 saturated carbocycles. The molecule has 3 rings (SSSR count). The molecule has 1 aliphatic carbocycles. The van der Waals surface area contributed by atoms with Gasteiger partial charge >= 0.3 is 6.09 Å². The first-order valence-electron chi connectivity index (χ1n) is 11.5. The number of carbonyl (C=O) groups excluding carboxylic acids is 3. The van der Waals surface area contributed by atoms with Crippen molar-refractivity contribution in [3.05, 3.63) is 59.7 Å². The lowest BCUT2D eigenvalue weighted by Gasteiger charge is -2.21. The minimum Gasteiger partial charge on any atom is -0.391 e. The van der Waals surface area contributed by atoms with Crippen molar-refractivity contribution in [3.63, 3.8) is 0 Å². The Morgan fingerprint density at radius 1 is 1.00 bits per heavy atom. The summed E-state index contributed by atoms with van der Waals surface area (Å²) in [5.41, 5.74) is 6.12. The summed E-state index contributed by atoms with van der Waals surface area (Å²) in [4.78, 5) is 41.3. The first-order chi connectivity index (χ1) is 16.4. The summed E-state index contributed by atoms with van der Waals surface area (Å²) in [7, 11) is 0. The molecule has 2 aromatic carbocycles. The molecule has 0 aliphatic heterocycles. The van der Waals surface area contributed by atoms with Crippen LogP contribution in [0.3, 0.4) is 0 Å². The van der Waals surface area contributed by atoms with Crippen molar-refractivity contribution in [2.24, 2.45) is 0 Å². The number of benzene rings is 2. The Morgan fingerprint density at radius 2 is 1.62 bits per heavy atom. The maximum atomic E-state index is 12.7. The van der Waals surface area contributed by atoms with Crippen LogP contribution < -0.4 is 21.4 Å². The van der Waals surface area contributed by atoms with Gasteiger partial charge < -0.3 is 25.9 Å². The molecule has 0 saturated heterocycles. The highest BCUT2D eigenvalue weighted by Crippen LogP contribution is 2.21. The van der Waals surface area contributed by atoms with E-state index in [2.05, 4.69) is 40.5 Å². The summed E-state index contributed by atoms with van der Waals surface area (Å²) >= 11 is 0. The number of hydroxylamine groups is 1. The zero-order valence-electron chi connectivity index (χ0n) is 19.5. The van der Waals surface area contributed by atoms with E-state index >= 15 is 0 Å². The van der Waals surface area contributed by atoms with Gasteiger partial charge in [0.1, 0.15) is 6.04 Å². The van der Waals surface area contributed by atoms with Gasteiger partial charge in [0.2, 0.25) is 5.91 Å². The smallest absolute Gasteiger partial charge is 0.391 e. The molecule has 34 heavy (non-hydrogen) atoms. The van der Waals surface area contributed by atoms with Crippen molar-refractivity contribution in [2.75, 3.05) is 13.1 Å². The van der Waals surface area contributed by atoms with E-state index in [-0.39, 0.29) is 19.1 Å². The number of aliphatic hydroxyl groups excluding tert-OH is 1. The maximum Gasteiger partial charge on any atom is 0.426 e. The van der Waals surface area contributed by atoms with Gasteiger partial charge in [0.05, 0.1) is 6.10 Å². The van der Waals surface area contributed by atoms with Gasteiger partial charge in [0, 0.05) is 24.7 Å². The predicted molar refractivity (Wildman–Crippen MR) is 128 cm³/mol. The highest BCUT2D eigenvalue weighted by molar-refractivity contribution is 5.98. The normalized spacial score (nSPS) is 14.6. The van der Waals surface area contributed by atoms with E-state index in [0.717, 1.165) is 30.4 Å². The van der Waals surface area contributed by atoms with Gasteiger partial charge in [-0.3, -0.25) is 9.59 Å².